The molecule has 1 aromatic rings. The molecule has 0 spiro atoms. The van der Waals surface area contributed by atoms with Crippen molar-refractivity contribution in [1.29, 1.82) is 0 Å². The number of hydrogen-bond donors (Lipinski definition) is 1. The quantitative estimate of drug-likeness (QED) is 0.776. The van der Waals surface area contributed by atoms with Crippen LogP contribution in [0.5, 0.6) is 0 Å². The van der Waals surface area contributed by atoms with Crippen LogP contribution in [0.4, 0.5) is 0 Å². The van der Waals surface area contributed by atoms with Crippen LogP contribution in [-0.2, 0) is 0 Å². The first-order valence-electron chi connectivity index (χ1n) is 5.85. The second-order valence-corrected chi connectivity index (χ2v) is 7.28. The molecule has 0 aromatic carbocycles. The summed E-state index contributed by atoms with van der Waals surface area (Å²) in [6, 6.07) is 4.46. The number of hydrogen-bond acceptors (Lipinski definition) is 2. The second-order valence-electron chi connectivity index (χ2n) is 5.99. The predicted octanol–water partition coefficient (Wildman–Crippen LogP) is 3.99. The Bertz CT molecular complexity index is 424. The van der Waals surface area contributed by atoms with Crippen LogP contribution in [0.25, 0.3) is 5.57 Å². The van der Waals surface area contributed by atoms with E-state index in [0.717, 1.165) is 6.42 Å². The molecule has 1 N–H and O–H groups in total. The van der Waals surface area contributed by atoms with E-state index < -0.39 is 0 Å². The van der Waals surface area contributed by atoms with Crippen molar-refractivity contribution in [2.45, 2.75) is 52.1 Å². The number of rotatable bonds is 1. The van der Waals surface area contributed by atoms with Gasteiger partial charge in [-0.3, -0.25) is 0 Å². The van der Waals surface area contributed by atoms with Gasteiger partial charge in [-0.1, -0.05) is 6.08 Å². The topological polar surface area (TPSA) is 12.0 Å². The van der Waals surface area contributed by atoms with Crippen LogP contribution in [0, 0.1) is 6.92 Å². The van der Waals surface area contributed by atoms with Gasteiger partial charge in [0.15, 0.2) is 0 Å². The lowest BCUT2D eigenvalue weighted by atomic mass is 9.83. The van der Waals surface area contributed by atoms with Crippen molar-refractivity contribution >= 4 is 16.9 Å². The van der Waals surface area contributed by atoms with Gasteiger partial charge in [-0.25, -0.2) is 0 Å². The van der Waals surface area contributed by atoms with Crippen molar-refractivity contribution in [3.8, 4) is 0 Å². The summed E-state index contributed by atoms with van der Waals surface area (Å²) in [4.78, 5) is 2.82. The van der Waals surface area contributed by atoms with Gasteiger partial charge in [-0.2, -0.15) is 0 Å². The van der Waals surface area contributed by atoms with Crippen molar-refractivity contribution in [3.63, 3.8) is 0 Å². The minimum atomic E-state index is 0.0922. The fraction of sp³-hybridized carbons (Fsp3) is 0.571. The van der Waals surface area contributed by atoms with Crippen LogP contribution in [-0.4, -0.2) is 11.1 Å². The van der Waals surface area contributed by atoms with Crippen LogP contribution in [0.15, 0.2) is 18.2 Å². The molecule has 2 rings (SSSR count). The van der Waals surface area contributed by atoms with E-state index in [1.165, 1.54) is 15.3 Å². The van der Waals surface area contributed by atoms with E-state index >= 15 is 0 Å². The molecule has 0 aliphatic carbocycles. The van der Waals surface area contributed by atoms with Gasteiger partial charge in [0.05, 0.1) is 0 Å². The lowest BCUT2D eigenvalue weighted by molar-refractivity contribution is 0.297. The highest BCUT2D eigenvalue weighted by molar-refractivity contribution is 7.13. The van der Waals surface area contributed by atoms with Crippen molar-refractivity contribution in [1.82, 2.24) is 5.32 Å². The zero-order valence-electron chi connectivity index (χ0n) is 10.8. The molecule has 88 valence electrons. The average molecular weight is 235 g/mol. The Morgan fingerprint density at radius 1 is 1.19 bits per heavy atom. The van der Waals surface area contributed by atoms with E-state index in [0.29, 0.717) is 0 Å². The number of aryl methyl sites for hydroxylation is 1. The van der Waals surface area contributed by atoms with Crippen LogP contribution in [0.2, 0.25) is 0 Å². The molecule has 0 atom stereocenters. The average Bonchev–Trinajstić information content (AvgIpc) is 2.45. The third-order valence-corrected chi connectivity index (χ3v) is 3.96. The maximum Gasteiger partial charge on any atom is 0.0318 e. The van der Waals surface area contributed by atoms with Crippen molar-refractivity contribution in [3.05, 3.63) is 28.0 Å². The minimum Gasteiger partial charge on any atom is -0.303 e. The van der Waals surface area contributed by atoms with E-state index in [9.17, 15) is 0 Å². The highest BCUT2D eigenvalue weighted by atomic mass is 32.1. The van der Waals surface area contributed by atoms with Crippen LogP contribution >= 0.6 is 11.3 Å². The molecular weight excluding hydrogens is 214 g/mol. The van der Waals surface area contributed by atoms with Crippen molar-refractivity contribution in [2.75, 3.05) is 0 Å². The van der Waals surface area contributed by atoms with E-state index in [-0.39, 0.29) is 11.1 Å². The van der Waals surface area contributed by atoms with Gasteiger partial charge in [0.25, 0.3) is 0 Å². The van der Waals surface area contributed by atoms with Crippen LogP contribution < -0.4 is 5.32 Å². The summed E-state index contributed by atoms with van der Waals surface area (Å²) in [5, 5.41) is 3.67. The lowest BCUT2D eigenvalue weighted by Crippen LogP contribution is -2.53. The first-order valence-corrected chi connectivity index (χ1v) is 6.67. The smallest absolute Gasteiger partial charge is 0.0318 e. The van der Waals surface area contributed by atoms with E-state index in [1.807, 2.05) is 11.3 Å². The predicted molar refractivity (Wildman–Crippen MR) is 72.9 cm³/mol. The van der Waals surface area contributed by atoms with Gasteiger partial charge < -0.3 is 5.32 Å². The molecule has 0 unspecified atom stereocenters. The van der Waals surface area contributed by atoms with Gasteiger partial charge in [0.1, 0.15) is 0 Å². The Morgan fingerprint density at radius 3 is 2.38 bits per heavy atom. The van der Waals surface area contributed by atoms with Gasteiger partial charge in [0, 0.05) is 20.8 Å². The molecule has 2 heterocycles. The molecule has 0 amide bonds. The van der Waals surface area contributed by atoms with Gasteiger partial charge >= 0.3 is 0 Å². The van der Waals surface area contributed by atoms with Crippen molar-refractivity contribution < 1.29 is 0 Å². The molecule has 0 bridgehead atoms. The molecule has 1 aliphatic heterocycles. The lowest BCUT2D eigenvalue weighted by Gasteiger charge is -2.41. The van der Waals surface area contributed by atoms with Crippen molar-refractivity contribution in [2.24, 2.45) is 0 Å². The highest BCUT2D eigenvalue weighted by Crippen LogP contribution is 2.36. The Hall–Kier alpha value is -0.600. The molecule has 0 radical (unpaired) electrons. The third-order valence-electron chi connectivity index (χ3n) is 2.88. The Morgan fingerprint density at radius 2 is 1.88 bits per heavy atom. The van der Waals surface area contributed by atoms with Gasteiger partial charge in [-0.15, -0.1) is 11.3 Å². The monoisotopic (exact) mass is 235 g/mol. The summed E-state index contributed by atoms with van der Waals surface area (Å²) in [7, 11) is 0. The van der Waals surface area contributed by atoms with E-state index in [1.54, 1.807) is 0 Å². The molecule has 1 aromatic heterocycles. The maximum absolute atomic E-state index is 3.67. The normalized spacial score (nSPS) is 22.9. The number of nitrogens with one attached hydrogen (secondary N) is 1. The SMILES string of the molecule is Cc1ccc(C2=CC(C)(C)NC(C)(C)C2)s1. The molecule has 1 aliphatic rings. The summed E-state index contributed by atoms with van der Waals surface area (Å²) in [5.41, 5.74) is 1.77. The van der Waals surface area contributed by atoms with Gasteiger partial charge in [-0.05, 0) is 58.7 Å². The van der Waals surface area contributed by atoms with Crippen LogP contribution in [0.1, 0.15) is 43.9 Å². The molecule has 0 saturated carbocycles. The Labute approximate surface area is 103 Å². The first-order chi connectivity index (χ1) is 7.27. The summed E-state index contributed by atoms with van der Waals surface area (Å²) in [5.74, 6) is 0. The van der Waals surface area contributed by atoms with Gasteiger partial charge in [0.2, 0.25) is 0 Å². The summed E-state index contributed by atoms with van der Waals surface area (Å²) in [6.07, 6.45) is 3.49. The summed E-state index contributed by atoms with van der Waals surface area (Å²) in [6.45, 7) is 11.2. The van der Waals surface area contributed by atoms with E-state index in [4.69, 9.17) is 0 Å². The fourth-order valence-electron chi connectivity index (χ4n) is 2.68. The fourth-order valence-corrected chi connectivity index (χ4v) is 3.56. The minimum absolute atomic E-state index is 0.0922. The summed E-state index contributed by atoms with van der Waals surface area (Å²) >= 11 is 1.90. The van der Waals surface area contributed by atoms with E-state index in [2.05, 4.69) is 58.1 Å². The standard InChI is InChI=1S/C14H21NS/c1-10-6-7-12(16-10)11-8-13(2,3)15-14(4,5)9-11/h6-8,15H,9H2,1-5H3. The molecule has 16 heavy (non-hydrogen) atoms. The zero-order valence-corrected chi connectivity index (χ0v) is 11.7. The largest absolute Gasteiger partial charge is 0.303 e. The number of thiophene rings is 1. The summed E-state index contributed by atoms with van der Waals surface area (Å²) < 4.78 is 0. The zero-order chi connectivity index (χ0) is 12.0. The second kappa shape index (κ2) is 3.71. The Kier molecular flexibility index (Phi) is 2.75. The molecule has 0 saturated heterocycles. The molecule has 2 heteroatoms. The third kappa shape index (κ3) is 2.55. The first kappa shape index (κ1) is 11.9. The highest BCUT2D eigenvalue weighted by Gasteiger charge is 2.32. The Balaban J connectivity index is 2.38. The van der Waals surface area contributed by atoms with Crippen LogP contribution in [0.3, 0.4) is 0 Å². The molecule has 0 fully saturated rings. The maximum atomic E-state index is 3.67. The molecule has 1 nitrogen and oxygen atoms in total. The molecular formula is C14H21NS.